The number of alkyl carbamates (subject to hydrolysis) is 3. The zero-order valence-corrected chi connectivity index (χ0v) is 85.2. The Kier molecular flexibility index (Phi) is 49.7. The van der Waals surface area contributed by atoms with E-state index < -0.39 is 55.2 Å². The monoisotopic (exact) mass is 2180 g/mol. The summed E-state index contributed by atoms with van der Waals surface area (Å²) in [7, 11) is -11.1. The first-order valence-corrected chi connectivity index (χ1v) is 47.8. The molecule has 3 saturated heterocycles. The molecule has 9 aromatic rings. The van der Waals surface area contributed by atoms with Gasteiger partial charge in [-0.1, -0.05) is 91.0 Å². The predicted molar refractivity (Wildman–Crippen MR) is 470 cm³/mol. The van der Waals surface area contributed by atoms with Gasteiger partial charge in [-0.25, -0.2) is 29.3 Å². The summed E-state index contributed by atoms with van der Waals surface area (Å²) >= 11 is 9.31. The van der Waals surface area contributed by atoms with Crippen molar-refractivity contribution < 1.29 is 217 Å². The second-order valence-corrected chi connectivity index (χ2v) is 40.5. The third-order valence-electron chi connectivity index (χ3n) is 17.8. The van der Waals surface area contributed by atoms with Crippen molar-refractivity contribution in [2.24, 2.45) is 0 Å². The first-order chi connectivity index (χ1) is 61.7. The van der Waals surface area contributed by atoms with Crippen LogP contribution in [0.25, 0.3) is 34.0 Å². The molecule has 4 N–H and O–H groups in total. The molecule has 3 aromatic heterocycles. The van der Waals surface area contributed by atoms with Gasteiger partial charge in [-0.15, -0.1) is 47.3 Å². The van der Waals surface area contributed by atoms with Crippen molar-refractivity contribution in [1.29, 1.82) is 0 Å². The number of phenolic OH excluding ortho intramolecular Hbond substituents is 1. The maximum Gasteiger partial charge on any atom is 1.00 e. The number of methoxy groups -OCH3 is 1. The normalized spacial score (nSPS) is 14.8. The number of ketones is 3. The molecule has 6 aromatic carbocycles. The van der Waals surface area contributed by atoms with E-state index in [9.17, 15) is 64.6 Å². The standard InChI is InChI=1S/C29H35N2O9P.C25H26N2O6.C24H24N2O6.C5H10F3O5PS.CH2O3.BBr3.Cs/c1-3-38-41(34,39-4-2)20-37-27-15-22(8-9-26(27)28-17-30-19-36-28)14-24(32)13-21-6-5-7-23(12-21)16-31-29(33)40-25-10-11-35-18-25;1-30-23-12-18(5-6-22(23)24-14-26-16-32-24)11-20(28)10-17-3-2-4-19(9-17)13-27-25(29)33-21-7-8-31-15-21;27-19(10-17-4-5-21(22(28)11-17)23-13-25-15-31-23)9-16-2-1-3-18(8-16)12-26-24(29)32-20-6-7-30-14-20;1-3-12-14(2,9)4-13-15(10,11)5(6,7)8;2-1-4-3;2-1(3)4;/h5-9,12,15,17,19,25H,3-4,10-11,13-14,16,18,20H2,1-2H3,(H,31,33);2-6,9,12,14,16,21H,7-8,10-11,13,15H2,1H3,(H,27,29);1-5,8,11,13,15,20,28H,6-7,9-10,12,14H2,(H,26,29);3-4H2,1-2H3;1,3H;;/q;;;;;;+1/p-1/t25-;21-;20-;;;;/m000..../s1. The summed E-state index contributed by atoms with van der Waals surface area (Å²) in [6.45, 7) is 10.2. The van der Waals surface area contributed by atoms with Crippen LogP contribution in [0.2, 0.25) is 0 Å². The molecule has 3 aliphatic heterocycles. The molecule has 12 rings (SSSR count). The zero-order valence-electron chi connectivity index (χ0n) is 71.5. The molecule has 3 aliphatic rings. The molecule has 46 heteroatoms. The van der Waals surface area contributed by atoms with Crippen molar-refractivity contribution in [1.82, 2.24) is 30.9 Å². The summed E-state index contributed by atoms with van der Waals surface area (Å²) in [4.78, 5) is 97.1. The number of alkyl halides is 3. The Bertz CT molecular complexity index is 5230. The number of carbonyl (C=O) groups excluding carboxylic acids is 7. The number of benzene rings is 6. The molecule has 0 bridgehead atoms. The van der Waals surface area contributed by atoms with Crippen LogP contribution in [0.3, 0.4) is 0 Å². The number of ether oxygens (including phenoxy) is 8. The number of nitrogens with zero attached hydrogens (tertiary/aromatic N) is 3. The molecule has 0 spiro atoms. The Labute approximate surface area is 831 Å². The molecule has 0 aliphatic carbocycles. The molecule has 0 saturated carbocycles. The van der Waals surface area contributed by atoms with Crippen LogP contribution in [0.15, 0.2) is 178 Å². The maximum absolute atomic E-state index is 13.0. The maximum atomic E-state index is 13.0. The van der Waals surface area contributed by atoms with Gasteiger partial charge < -0.3 is 95.9 Å². The smallest absolute Gasteiger partial charge is 0.662 e. The number of carbonyl (C=O) groups is 7. The molecule has 3 amide bonds. The quantitative estimate of drug-likeness (QED) is 0.00408. The minimum Gasteiger partial charge on any atom is -0.662 e. The number of phenols is 1. The molecule has 35 nitrogen and oxygen atoms in total. The number of halogens is 6. The van der Waals surface area contributed by atoms with E-state index >= 15 is 0 Å². The SMILES string of the molecule is BrB(Br)Br.CCOP(=O)(COc1cc(CC(=O)Cc2cccc(CNC(=O)O[C@H]3CCOC3)c2)ccc1-c1cnco1)OCC.CCOP(C)(=O)COS(=O)(=O)C(F)(F)F.COc1cc(CC(=O)Cc2cccc(CNC(=O)O[C@H]3CCOC3)c2)ccc1-c1cnco1.O=C(Cc1cccc(CNC(=O)O[C@H]2CCOC2)c1)Cc1ccc(-c2cnco2)c(O)c1.O=CO[O-].[Cs+]. The molecule has 3 fully saturated rings. The first-order valence-electron chi connectivity index (χ1n) is 39.7. The van der Waals surface area contributed by atoms with Gasteiger partial charge >= 0.3 is 114 Å². The van der Waals surface area contributed by atoms with Crippen molar-refractivity contribution in [2.45, 2.75) is 122 Å². The molecule has 6 heterocycles. The van der Waals surface area contributed by atoms with Gasteiger partial charge in [0.1, 0.15) is 59.3 Å². The summed E-state index contributed by atoms with van der Waals surface area (Å²) in [5, 5.41) is 26.9. The van der Waals surface area contributed by atoms with Crippen LogP contribution in [0.4, 0.5) is 27.6 Å². The van der Waals surface area contributed by atoms with Gasteiger partial charge in [-0.2, -0.15) is 21.6 Å². The van der Waals surface area contributed by atoms with Gasteiger partial charge in [-0.3, -0.25) is 32.5 Å². The van der Waals surface area contributed by atoms with Crippen molar-refractivity contribution in [3.8, 4) is 51.2 Å². The fourth-order valence-corrected chi connectivity index (χ4v) is 15.6. The number of rotatable bonds is 38. The number of aromatic nitrogens is 3. The van der Waals surface area contributed by atoms with Crippen molar-refractivity contribution in [2.75, 3.05) is 85.9 Å². The fraction of sp³-hybridized carbons (Fsp3) is 0.381. The molecule has 0 radical (unpaired) electrons. The first kappa shape index (κ1) is 111. The van der Waals surface area contributed by atoms with Gasteiger partial charge in [0.2, 0.25) is 7.37 Å². The third kappa shape index (κ3) is 41.3. The molecule has 1 unspecified atom stereocenters. The van der Waals surface area contributed by atoms with Crippen LogP contribution >= 0.6 is 62.2 Å². The average molecular weight is 2190 g/mol. The van der Waals surface area contributed by atoms with Crippen LogP contribution in [0.5, 0.6) is 17.2 Å². The summed E-state index contributed by atoms with van der Waals surface area (Å²) in [5.41, 5.74) is 3.89. The minimum absolute atomic E-state index is 0. The Hall–Kier alpha value is -7.92. The van der Waals surface area contributed by atoms with Crippen molar-refractivity contribution in [3.05, 3.63) is 215 Å². The van der Waals surface area contributed by atoms with E-state index in [0.29, 0.717) is 123 Å². The van der Waals surface area contributed by atoms with Crippen LogP contribution in [-0.2, 0) is 148 Å². The average Bonchev–Trinajstić information content (AvgIpc) is 1.47. The number of oxazole rings is 3. The number of amides is 3. The summed E-state index contributed by atoms with van der Waals surface area (Å²) < 4.78 is 158. The van der Waals surface area contributed by atoms with E-state index in [1.54, 1.807) is 63.7 Å². The van der Waals surface area contributed by atoms with Crippen LogP contribution in [0.1, 0.15) is 90.1 Å². The largest absolute Gasteiger partial charge is 1.00 e. The Morgan fingerprint density at radius 2 is 0.862 bits per heavy atom. The summed E-state index contributed by atoms with van der Waals surface area (Å²) in [6.07, 6.45) is 8.73. The van der Waals surface area contributed by atoms with Crippen LogP contribution < -0.4 is 99.6 Å². The van der Waals surface area contributed by atoms with Gasteiger partial charge in [0.15, 0.2) is 42.8 Å². The Morgan fingerprint density at radius 3 is 1.18 bits per heavy atom. The van der Waals surface area contributed by atoms with Crippen molar-refractivity contribution in [3.63, 3.8) is 0 Å². The number of nitrogens with one attached hydrogen (secondary N) is 3. The van der Waals surface area contributed by atoms with Crippen LogP contribution in [0, 0.1) is 0 Å². The molecule has 130 heavy (non-hydrogen) atoms. The molecular weight excluding hydrogens is 2090 g/mol. The number of aromatic hydroxyl groups is 1. The van der Waals surface area contributed by atoms with E-state index in [1.807, 2.05) is 97.1 Å². The number of hydrogen-bond acceptors (Lipinski definition) is 32. The second-order valence-electron chi connectivity index (χ2n) is 27.9. The summed E-state index contributed by atoms with van der Waals surface area (Å²) in [6, 6.07) is 38.6. The topological polar surface area (TPSA) is 465 Å². The molecular formula is C84H96BBr3CsF3N6O29P2S. The predicted octanol–water partition coefficient (Wildman–Crippen LogP) is 11.8. The molecule has 4 atom stereocenters. The van der Waals surface area contributed by atoms with Gasteiger partial charge in [0.25, 0.3) is 6.47 Å². The Balaban J connectivity index is 0.000000268. The van der Waals surface area contributed by atoms with Gasteiger partial charge in [-0.05, 0) is 107 Å². The number of hydrogen-bond donors (Lipinski definition) is 4. The van der Waals surface area contributed by atoms with E-state index in [-0.39, 0.29) is 185 Å². The summed E-state index contributed by atoms with van der Waals surface area (Å²) in [5.74, 6) is 2.66. The zero-order chi connectivity index (χ0) is 93.8. The van der Waals surface area contributed by atoms with E-state index in [2.05, 4.69) is 91.8 Å². The van der Waals surface area contributed by atoms with E-state index in [0.717, 1.165) is 57.6 Å². The van der Waals surface area contributed by atoms with Gasteiger partial charge in [0, 0.05) is 84.1 Å². The second kappa shape index (κ2) is 58.3. The Morgan fingerprint density at radius 1 is 0.531 bits per heavy atom. The van der Waals surface area contributed by atoms with Gasteiger partial charge in [0.05, 0.1) is 102 Å². The minimum atomic E-state index is -5.70. The number of Topliss-reactive ketones (excluding diaryl/α,β-unsaturated/α-hetero) is 3. The fourth-order valence-electron chi connectivity index (χ4n) is 12.2. The van der Waals surface area contributed by atoms with E-state index in [4.69, 9.17) is 70.2 Å². The third-order valence-corrected chi connectivity index (χ3v) is 22.2. The van der Waals surface area contributed by atoms with Crippen molar-refractivity contribution >= 4 is 118 Å². The van der Waals surface area contributed by atoms with E-state index in [1.165, 1.54) is 32.3 Å². The molecule has 698 valence electrons. The van der Waals surface area contributed by atoms with Crippen LogP contribution in [-0.4, -0.2) is 184 Å².